The molecule has 1 aliphatic heterocycles. The molecule has 2 atom stereocenters. The standard InChI is InChI=1S/C15H21FN2O2/c1-10(19)12-8-11(16)4-5-13(12)18-7-6-15(2,9-18)14(20)17-3/h4-5,8,10,19H,6-7,9H2,1-3H3,(H,17,20). The summed E-state index contributed by atoms with van der Waals surface area (Å²) in [6.07, 6.45) is -0.00362. The minimum absolute atomic E-state index is 0.0145. The van der Waals surface area contributed by atoms with Crippen LogP contribution in [-0.2, 0) is 4.79 Å². The van der Waals surface area contributed by atoms with Crippen molar-refractivity contribution in [2.45, 2.75) is 26.4 Å². The van der Waals surface area contributed by atoms with Crippen LogP contribution in [0.3, 0.4) is 0 Å². The Labute approximate surface area is 118 Å². The molecule has 1 saturated heterocycles. The molecule has 0 saturated carbocycles. The maximum atomic E-state index is 13.3. The summed E-state index contributed by atoms with van der Waals surface area (Å²) in [5.41, 5.74) is 0.916. The van der Waals surface area contributed by atoms with Crippen molar-refractivity contribution >= 4 is 11.6 Å². The van der Waals surface area contributed by atoms with Crippen molar-refractivity contribution < 1.29 is 14.3 Å². The molecule has 1 fully saturated rings. The summed E-state index contributed by atoms with van der Waals surface area (Å²) in [5.74, 6) is -0.349. The lowest BCUT2D eigenvalue weighted by Gasteiger charge is -2.26. The molecule has 1 aromatic rings. The predicted molar refractivity (Wildman–Crippen MR) is 76.0 cm³/mol. The second kappa shape index (κ2) is 5.40. The second-order valence-electron chi connectivity index (χ2n) is 5.69. The summed E-state index contributed by atoms with van der Waals surface area (Å²) in [7, 11) is 1.63. The Morgan fingerprint density at radius 1 is 1.55 bits per heavy atom. The first-order valence-electron chi connectivity index (χ1n) is 6.82. The highest BCUT2D eigenvalue weighted by Gasteiger charge is 2.40. The number of carbonyl (C=O) groups is 1. The van der Waals surface area contributed by atoms with Gasteiger partial charge in [0.25, 0.3) is 0 Å². The zero-order chi connectivity index (χ0) is 14.9. The maximum absolute atomic E-state index is 13.3. The molecule has 1 aromatic carbocycles. The molecule has 20 heavy (non-hydrogen) atoms. The average Bonchev–Trinajstić information content (AvgIpc) is 2.81. The van der Waals surface area contributed by atoms with E-state index in [0.29, 0.717) is 12.1 Å². The van der Waals surface area contributed by atoms with Crippen LogP contribution in [0, 0.1) is 11.2 Å². The van der Waals surface area contributed by atoms with Gasteiger partial charge in [-0.05, 0) is 38.5 Å². The Hall–Kier alpha value is -1.62. The van der Waals surface area contributed by atoms with Crippen LogP contribution in [0.2, 0.25) is 0 Å². The summed E-state index contributed by atoms with van der Waals surface area (Å²) < 4.78 is 13.3. The van der Waals surface area contributed by atoms with Gasteiger partial charge >= 0.3 is 0 Å². The molecule has 1 aliphatic rings. The molecular weight excluding hydrogens is 259 g/mol. The van der Waals surface area contributed by atoms with E-state index < -0.39 is 11.5 Å². The number of anilines is 1. The highest BCUT2D eigenvalue weighted by atomic mass is 19.1. The smallest absolute Gasteiger partial charge is 0.227 e. The number of aliphatic hydroxyl groups excluding tert-OH is 1. The van der Waals surface area contributed by atoms with Crippen LogP contribution < -0.4 is 10.2 Å². The molecule has 0 aliphatic carbocycles. The van der Waals surface area contributed by atoms with Gasteiger partial charge in [0.05, 0.1) is 11.5 Å². The number of amides is 1. The summed E-state index contributed by atoms with van der Waals surface area (Å²) in [5, 5.41) is 12.5. The molecule has 2 unspecified atom stereocenters. The highest BCUT2D eigenvalue weighted by Crippen LogP contribution is 2.36. The third-order valence-electron chi connectivity index (χ3n) is 4.03. The molecule has 0 aromatic heterocycles. The molecular formula is C15H21FN2O2. The number of carbonyl (C=O) groups excluding carboxylic acids is 1. The van der Waals surface area contributed by atoms with Crippen molar-refractivity contribution in [2.24, 2.45) is 5.41 Å². The van der Waals surface area contributed by atoms with Crippen molar-refractivity contribution in [3.05, 3.63) is 29.6 Å². The van der Waals surface area contributed by atoms with E-state index in [0.717, 1.165) is 18.7 Å². The van der Waals surface area contributed by atoms with Crippen LogP contribution in [0.1, 0.15) is 31.9 Å². The van der Waals surface area contributed by atoms with Crippen molar-refractivity contribution in [3.8, 4) is 0 Å². The number of hydrogen-bond acceptors (Lipinski definition) is 3. The second-order valence-corrected chi connectivity index (χ2v) is 5.69. The van der Waals surface area contributed by atoms with E-state index in [1.807, 2.05) is 11.8 Å². The molecule has 110 valence electrons. The van der Waals surface area contributed by atoms with E-state index in [9.17, 15) is 14.3 Å². The summed E-state index contributed by atoms with van der Waals surface area (Å²) >= 11 is 0. The van der Waals surface area contributed by atoms with Gasteiger partial charge in [-0.1, -0.05) is 0 Å². The lowest BCUT2D eigenvalue weighted by atomic mass is 9.89. The maximum Gasteiger partial charge on any atom is 0.227 e. The fourth-order valence-electron chi connectivity index (χ4n) is 2.80. The molecule has 1 heterocycles. The third-order valence-corrected chi connectivity index (χ3v) is 4.03. The quantitative estimate of drug-likeness (QED) is 0.888. The molecule has 0 bridgehead atoms. The zero-order valence-electron chi connectivity index (χ0n) is 12.1. The number of halogens is 1. The van der Waals surface area contributed by atoms with E-state index >= 15 is 0 Å². The molecule has 5 heteroatoms. The molecule has 0 radical (unpaired) electrons. The van der Waals surface area contributed by atoms with Gasteiger partial charge in [-0.3, -0.25) is 4.79 Å². The van der Waals surface area contributed by atoms with Crippen molar-refractivity contribution in [1.29, 1.82) is 0 Å². The topological polar surface area (TPSA) is 52.6 Å². The van der Waals surface area contributed by atoms with Crippen LogP contribution in [0.25, 0.3) is 0 Å². The van der Waals surface area contributed by atoms with E-state index in [1.54, 1.807) is 20.0 Å². The van der Waals surface area contributed by atoms with Gasteiger partial charge in [0.1, 0.15) is 5.82 Å². The average molecular weight is 280 g/mol. The van der Waals surface area contributed by atoms with Crippen LogP contribution in [0.15, 0.2) is 18.2 Å². The van der Waals surface area contributed by atoms with Crippen LogP contribution in [0.4, 0.5) is 10.1 Å². The van der Waals surface area contributed by atoms with Gasteiger partial charge in [0.2, 0.25) is 5.91 Å². The monoisotopic (exact) mass is 280 g/mol. The Kier molecular flexibility index (Phi) is 3.99. The van der Waals surface area contributed by atoms with Crippen molar-refractivity contribution in [2.75, 3.05) is 25.0 Å². The number of nitrogens with one attached hydrogen (secondary N) is 1. The third kappa shape index (κ3) is 2.63. The molecule has 4 nitrogen and oxygen atoms in total. The van der Waals surface area contributed by atoms with E-state index in [-0.39, 0.29) is 11.7 Å². The Morgan fingerprint density at radius 3 is 2.85 bits per heavy atom. The summed E-state index contributed by atoms with van der Waals surface area (Å²) in [6.45, 7) is 4.83. The molecule has 2 N–H and O–H groups in total. The molecule has 0 spiro atoms. The van der Waals surface area contributed by atoms with Gasteiger partial charge in [0, 0.05) is 31.4 Å². The van der Waals surface area contributed by atoms with Gasteiger partial charge in [0.15, 0.2) is 0 Å². The first-order chi connectivity index (χ1) is 9.37. The molecule has 1 amide bonds. The first-order valence-corrected chi connectivity index (χ1v) is 6.82. The Bertz CT molecular complexity index is 519. The highest BCUT2D eigenvalue weighted by molar-refractivity contribution is 5.83. The minimum Gasteiger partial charge on any atom is -0.389 e. The molecule has 2 rings (SSSR count). The Balaban J connectivity index is 2.29. The number of aliphatic hydroxyl groups is 1. The summed E-state index contributed by atoms with van der Waals surface area (Å²) in [4.78, 5) is 14.0. The van der Waals surface area contributed by atoms with Crippen molar-refractivity contribution in [1.82, 2.24) is 5.32 Å². The number of benzene rings is 1. The predicted octanol–water partition coefficient (Wildman–Crippen LogP) is 1.84. The van der Waals surface area contributed by atoms with E-state index in [2.05, 4.69) is 5.32 Å². The largest absolute Gasteiger partial charge is 0.389 e. The van der Waals surface area contributed by atoms with Crippen LogP contribution in [-0.4, -0.2) is 31.2 Å². The summed E-state index contributed by atoms with van der Waals surface area (Å²) in [6, 6.07) is 4.42. The van der Waals surface area contributed by atoms with Gasteiger partial charge in [-0.15, -0.1) is 0 Å². The van der Waals surface area contributed by atoms with Crippen LogP contribution >= 0.6 is 0 Å². The normalized spacial score (nSPS) is 23.8. The number of nitrogens with zero attached hydrogens (tertiary/aromatic N) is 1. The fourth-order valence-corrected chi connectivity index (χ4v) is 2.80. The van der Waals surface area contributed by atoms with Crippen LogP contribution in [0.5, 0.6) is 0 Å². The number of rotatable bonds is 3. The lowest BCUT2D eigenvalue weighted by Crippen LogP contribution is -2.39. The number of hydrogen-bond donors (Lipinski definition) is 2. The fraction of sp³-hybridized carbons (Fsp3) is 0.533. The van der Waals surface area contributed by atoms with E-state index in [1.165, 1.54) is 12.1 Å². The first kappa shape index (κ1) is 14.8. The van der Waals surface area contributed by atoms with Gasteiger partial charge in [-0.2, -0.15) is 0 Å². The minimum atomic E-state index is -0.743. The SMILES string of the molecule is CNC(=O)C1(C)CCN(c2ccc(F)cc2C(C)O)C1. The zero-order valence-corrected chi connectivity index (χ0v) is 12.1. The van der Waals surface area contributed by atoms with Gasteiger partial charge in [-0.25, -0.2) is 4.39 Å². The van der Waals surface area contributed by atoms with Gasteiger partial charge < -0.3 is 15.3 Å². The Morgan fingerprint density at radius 2 is 2.25 bits per heavy atom. The lowest BCUT2D eigenvalue weighted by molar-refractivity contribution is -0.128. The van der Waals surface area contributed by atoms with E-state index in [4.69, 9.17) is 0 Å². The van der Waals surface area contributed by atoms with Crippen molar-refractivity contribution in [3.63, 3.8) is 0 Å².